The van der Waals surface area contributed by atoms with Crippen LogP contribution < -0.4 is 0 Å². The van der Waals surface area contributed by atoms with Crippen LogP contribution in [-0.4, -0.2) is 23.8 Å². The van der Waals surface area contributed by atoms with Gasteiger partial charge in [-0.1, -0.05) is 58.3 Å². The lowest BCUT2D eigenvalue weighted by Gasteiger charge is -2.38. The largest absolute Gasteiger partial charge is 0.462 e. The summed E-state index contributed by atoms with van der Waals surface area (Å²) in [7, 11) is 0. The van der Waals surface area contributed by atoms with Crippen molar-refractivity contribution in [2.24, 2.45) is 29.6 Å². The Morgan fingerprint density at radius 1 is 0.710 bits per heavy atom. The fourth-order valence-electron chi connectivity index (χ4n) is 6.88. The Labute approximate surface area is 192 Å². The number of unbranched alkanes of at least 4 members (excludes halogenated alkanes) is 3. The van der Waals surface area contributed by atoms with Gasteiger partial charge in [0.05, 0.1) is 5.92 Å². The molecule has 0 radical (unpaired) electrons. The molecular weight excluding hydrogens is 384 g/mol. The van der Waals surface area contributed by atoms with E-state index in [1.165, 1.54) is 83.5 Å². The molecule has 0 unspecified atom stereocenters. The number of esters is 1. The Hall–Kier alpha value is -0.570. The molecule has 3 aliphatic rings. The standard InChI is InChI=1S/C28H50O3/c1-2-7-22-9-13-24(14-10-22)25-17-19-27(20-18-25)31-28(30)26-15-11-23(12-16-26)8-5-3-4-6-21-29/h22-27,29H,2-21H2,1H3/t22-,23-,24-,25-,26-,27-. The first kappa shape index (κ1) is 25.1. The van der Waals surface area contributed by atoms with Crippen LogP contribution in [0.4, 0.5) is 0 Å². The van der Waals surface area contributed by atoms with Crippen LogP contribution in [-0.2, 0) is 9.53 Å². The first-order valence-corrected chi connectivity index (χ1v) is 14.0. The smallest absolute Gasteiger partial charge is 0.309 e. The highest BCUT2D eigenvalue weighted by atomic mass is 16.5. The lowest BCUT2D eigenvalue weighted by atomic mass is 9.70. The number of ether oxygens (including phenoxy) is 1. The Kier molecular flexibility index (Phi) is 11.2. The van der Waals surface area contributed by atoms with Crippen LogP contribution in [0.1, 0.15) is 129 Å². The summed E-state index contributed by atoms with van der Waals surface area (Å²) in [5, 5.41) is 8.87. The van der Waals surface area contributed by atoms with Crippen LogP contribution in [0.3, 0.4) is 0 Å². The molecule has 0 amide bonds. The van der Waals surface area contributed by atoms with E-state index in [4.69, 9.17) is 9.84 Å². The van der Waals surface area contributed by atoms with E-state index < -0.39 is 0 Å². The quantitative estimate of drug-likeness (QED) is 0.271. The molecule has 0 saturated heterocycles. The van der Waals surface area contributed by atoms with Crippen molar-refractivity contribution in [2.45, 2.75) is 135 Å². The van der Waals surface area contributed by atoms with E-state index in [1.54, 1.807) is 0 Å². The van der Waals surface area contributed by atoms with Gasteiger partial charge in [-0.2, -0.15) is 0 Å². The van der Waals surface area contributed by atoms with Crippen molar-refractivity contribution in [1.29, 1.82) is 0 Å². The van der Waals surface area contributed by atoms with Gasteiger partial charge in [0.2, 0.25) is 0 Å². The average Bonchev–Trinajstić information content (AvgIpc) is 2.81. The molecule has 31 heavy (non-hydrogen) atoms. The van der Waals surface area contributed by atoms with Crippen molar-refractivity contribution in [3.05, 3.63) is 0 Å². The number of carbonyl (C=O) groups excluding carboxylic acids is 1. The van der Waals surface area contributed by atoms with Gasteiger partial charge in [-0.25, -0.2) is 0 Å². The maximum atomic E-state index is 12.7. The minimum absolute atomic E-state index is 0.116. The van der Waals surface area contributed by atoms with Gasteiger partial charge in [-0.05, 0) is 94.3 Å². The topological polar surface area (TPSA) is 46.5 Å². The van der Waals surface area contributed by atoms with Crippen molar-refractivity contribution < 1.29 is 14.6 Å². The minimum atomic E-state index is 0.116. The molecule has 3 nitrogen and oxygen atoms in total. The fraction of sp³-hybridized carbons (Fsp3) is 0.964. The molecule has 3 fully saturated rings. The maximum Gasteiger partial charge on any atom is 0.309 e. The lowest BCUT2D eigenvalue weighted by Crippen LogP contribution is -2.32. The van der Waals surface area contributed by atoms with Gasteiger partial charge in [0.25, 0.3) is 0 Å². The van der Waals surface area contributed by atoms with E-state index in [0.717, 1.165) is 62.2 Å². The Bertz CT molecular complexity index is 480. The third-order valence-electron chi connectivity index (χ3n) is 8.96. The molecule has 0 aliphatic heterocycles. The maximum absolute atomic E-state index is 12.7. The molecule has 3 saturated carbocycles. The lowest BCUT2D eigenvalue weighted by molar-refractivity contribution is -0.157. The molecule has 0 aromatic carbocycles. The molecule has 0 atom stereocenters. The van der Waals surface area contributed by atoms with E-state index in [0.29, 0.717) is 6.61 Å². The minimum Gasteiger partial charge on any atom is -0.462 e. The van der Waals surface area contributed by atoms with Crippen LogP contribution >= 0.6 is 0 Å². The number of hydrogen-bond donors (Lipinski definition) is 1. The van der Waals surface area contributed by atoms with Crippen molar-refractivity contribution in [2.75, 3.05) is 6.61 Å². The van der Waals surface area contributed by atoms with E-state index in [9.17, 15) is 4.79 Å². The van der Waals surface area contributed by atoms with Gasteiger partial charge in [-0.3, -0.25) is 4.79 Å². The van der Waals surface area contributed by atoms with Crippen molar-refractivity contribution in [3.8, 4) is 0 Å². The Balaban J connectivity index is 1.27. The summed E-state index contributed by atoms with van der Waals surface area (Å²) in [4.78, 5) is 12.7. The predicted molar refractivity (Wildman–Crippen MR) is 128 cm³/mol. The highest BCUT2D eigenvalue weighted by Crippen LogP contribution is 2.42. The van der Waals surface area contributed by atoms with Crippen LogP contribution in [0.5, 0.6) is 0 Å². The number of hydrogen-bond acceptors (Lipinski definition) is 3. The Morgan fingerprint density at radius 3 is 1.87 bits per heavy atom. The summed E-state index contributed by atoms with van der Waals surface area (Å²) in [6, 6.07) is 0. The fourth-order valence-corrected chi connectivity index (χ4v) is 6.88. The summed E-state index contributed by atoms with van der Waals surface area (Å²) >= 11 is 0. The predicted octanol–water partition coefficient (Wildman–Crippen LogP) is 7.44. The second kappa shape index (κ2) is 13.9. The summed E-state index contributed by atoms with van der Waals surface area (Å²) in [5.74, 6) is 3.93. The monoisotopic (exact) mass is 434 g/mol. The molecule has 0 bridgehead atoms. The second-order valence-corrected chi connectivity index (χ2v) is 11.2. The summed E-state index contributed by atoms with van der Waals surface area (Å²) in [6.45, 7) is 2.65. The van der Waals surface area contributed by atoms with Gasteiger partial charge in [-0.15, -0.1) is 0 Å². The van der Waals surface area contributed by atoms with Gasteiger partial charge >= 0.3 is 5.97 Å². The van der Waals surface area contributed by atoms with E-state index in [-0.39, 0.29) is 18.0 Å². The van der Waals surface area contributed by atoms with Gasteiger partial charge < -0.3 is 9.84 Å². The Morgan fingerprint density at radius 2 is 1.26 bits per heavy atom. The first-order valence-electron chi connectivity index (χ1n) is 14.0. The molecule has 0 heterocycles. The van der Waals surface area contributed by atoms with E-state index in [1.807, 2.05) is 0 Å². The number of rotatable bonds is 11. The van der Waals surface area contributed by atoms with E-state index >= 15 is 0 Å². The SMILES string of the molecule is CCC[C@H]1CC[C@H]([C@H]2CC[C@H](OC(=O)[C@H]3CC[C@H](CCCCCCO)CC3)CC2)CC1. The van der Waals surface area contributed by atoms with Crippen molar-refractivity contribution in [1.82, 2.24) is 0 Å². The molecule has 0 aromatic heterocycles. The molecule has 1 N–H and O–H groups in total. The van der Waals surface area contributed by atoms with Crippen LogP contribution in [0.25, 0.3) is 0 Å². The van der Waals surface area contributed by atoms with Crippen molar-refractivity contribution in [3.63, 3.8) is 0 Å². The average molecular weight is 435 g/mol. The van der Waals surface area contributed by atoms with Gasteiger partial charge in [0, 0.05) is 6.61 Å². The third kappa shape index (κ3) is 8.37. The van der Waals surface area contributed by atoms with E-state index in [2.05, 4.69) is 6.92 Å². The zero-order chi connectivity index (χ0) is 21.9. The first-order chi connectivity index (χ1) is 15.2. The second-order valence-electron chi connectivity index (χ2n) is 11.2. The molecular formula is C28H50O3. The normalized spacial score (nSPS) is 34.4. The summed E-state index contributed by atoms with van der Waals surface area (Å²) < 4.78 is 6.01. The number of aliphatic hydroxyl groups excluding tert-OH is 1. The van der Waals surface area contributed by atoms with Crippen LogP contribution in [0.2, 0.25) is 0 Å². The third-order valence-corrected chi connectivity index (χ3v) is 8.96. The highest BCUT2D eigenvalue weighted by Gasteiger charge is 2.33. The highest BCUT2D eigenvalue weighted by molar-refractivity contribution is 5.72. The molecule has 180 valence electrons. The number of aliphatic hydroxyl groups is 1. The molecule has 0 aromatic rings. The molecule has 3 aliphatic carbocycles. The summed E-state index contributed by atoms with van der Waals surface area (Å²) in [5.41, 5.74) is 0. The zero-order valence-corrected chi connectivity index (χ0v) is 20.4. The van der Waals surface area contributed by atoms with Crippen LogP contribution in [0, 0.1) is 29.6 Å². The van der Waals surface area contributed by atoms with Crippen molar-refractivity contribution >= 4 is 5.97 Å². The summed E-state index contributed by atoms with van der Waals surface area (Å²) in [6.07, 6.45) is 24.0. The molecule has 3 rings (SSSR count). The number of carbonyl (C=O) groups is 1. The van der Waals surface area contributed by atoms with Gasteiger partial charge in [0.1, 0.15) is 6.10 Å². The van der Waals surface area contributed by atoms with Crippen LogP contribution in [0.15, 0.2) is 0 Å². The molecule has 3 heteroatoms. The van der Waals surface area contributed by atoms with Gasteiger partial charge in [0.15, 0.2) is 0 Å². The zero-order valence-electron chi connectivity index (χ0n) is 20.4. The molecule has 0 spiro atoms.